The van der Waals surface area contributed by atoms with Gasteiger partial charge < -0.3 is 4.90 Å². The van der Waals surface area contributed by atoms with E-state index in [4.69, 9.17) is 0 Å². The van der Waals surface area contributed by atoms with Crippen LogP contribution in [0.3, 0.4) is 0 Å². The number of allylic oxidation sites excluding steroid dienone is 2. The lowest BCUT2D eigenvalue weighted by atomic mass is 9.97. The van der Waals surface area contributed by atoms with Crippen LogP contribution in [-0.2, 0) is 6.42 Å². The minimum absolute atomic E-state index is 0.192. The average Bonchev–Trinajstić information content (AvgIpc) is 3.06. The molecule has 5 nitrogen and oxygen atoms in total. The number of aromatic nitrogens is 3. The molecule has 3 heterocycles. The Kier molecular flexibility index (Phi) is 4.90. The van der Waals surface area contributed by atoms with Crippen molar-refractivity contribution in [3.05, 3.63) is 77.8 Å². The Balaban J connectivity index is 2.12. The lowest BCUT2D eigenvalue weighted by Gasteiger charge is -2.41. The Hall–Kier alpha value is -3.46. The quantitative estimate of drug-likeness (QED) is 0.604. The molecule has 0 amide bonds. The van der Waals surface area contributed by atoms with Gasteiger partial charge in [-0.1, -0.05) is 19.1 Å². The van der Waals surface area contributed by atoms with E-state index in [0.29, 0.717) is 28.8 Å². The van der Waals surface area contributed by atoms with Crippen LogP contribution in [0.5, 0.6) is 0 Å². The van der Waals surface area contributed by atoms with E-state index in [1.54, 1.807) is 18.6 Å². The summed E-state index contributed by atoms with van der Waals surface area (Å²) in [6, 6.07) is 5.43. The Labute approximate surface area is 175 Å². The van der Waals surface area contributed by atoms with Crippen LogP contribution in [-0.4, -0.2) is 25.0 Å². The minimum Gasteiger partial charge on any atom is -0.361 e. The summed E-state index contributed by atoms with van der Waals surface area (Å²) in [5.74, 6) is 0.306. The molecule has 0 saturated heterocycles. The van der Waals surface area contributed by atoms with Crippen molar-refractivity contribution in [1.82, 2.24) is 19.4 Å². The van der Waals surface area contributed by atoms with Gasteiger partial charge in [-0.15, -0.1) is 0 Å². The molecule has 0 bridgehead atoms. The van der Waals surface area contributed by atoms with Gasteiger partial charge in [-0.2, -0.15) is 5.26 Å². The smallest absolute Gasteiger partial charge is 0.155 e. The van der Waals surface area contributed by atoms with Crippen molar-refractivity contribution < 1.29 is 4.39 Å². The van der Waals surface area contributed by atoms with Gasteiger partial charge in [0.2, 0.25) is 0 Å². The summed E-state index contributed by atoms with van der Waals surface area (Å²) in [4.78, 5) is 10.9. The van der Waals surface area contributed by atoms with E-state index in [1.165, 1.54) is 6.07 Å². The van der Waals surface area contributed by atoms with Crippen molar-refractivity contribution in [2.45, 2.75) is 45.7 Å². The Morgan fingerprint density at radius 2 is 2.00 bits per heavy atom. The van der Waals surface area contributed by atoms with Gasteiger partial charge in [0.15, 0.2) is 5.82 Å². The first-order valence-corrected chi connectivity index (χ1v) is 10.0. The van der Waals surface area contributed by atoms with Crippen LogP contribution in [0.25, 0.3) is 16.7 Å². The molecule has 1 aliphatic rings. The van der Waals surface area contributed by atoms with Crippen LogP contribution in [0.4, 0.5) is 4.39 Å². The van der Waals surface area contributed by atoms with Gasteiger partial charge in [-0.25, -0.2) is 9.37 Å². The predicted octanol–water partition coefficient (Wildman–Crippen LogP) is 5.22. The fourth-order valence-corrected chi connectivity index (χ4v) is 4.05. The molecule has 3 aromatic rings. The molecular weight excluding hydrogens is 377 g/mol. The number of nitrogens with zero attached hydrogens (tertiary/aromatic N) is 5. The molecule has 1 aliphatic heterocycles. The molecule has 1 unspecified atom stereocenters. The monoisotopic (exact) mass is 401 g/mol. The van der Waals surface area contributed by atoms with Crippen molar-refractivity contribution in [3.8, 4) is 11.9 Å². The summed E-state index contributed by atoms with van der Waals surface area (Å²) in [5, 5.41) is 10.7. The van der Waals surface area contributed by atoms with Gasteiger partial charge in [0, 0.05) is 29.5 Å². The average molecular weight is 401 g/mol. The zero-order valence-corrected chi connectivity index (χ0v) is 17.6. The third-order valence-electron chi connectivity index (χ3n) is 5.45. The maximum absolute atomic E-state index is 14.7. The van der Waals surface area contributed by atoms with E-state index in [1.807, 2.05) is 35.9 Å². The van der Waals surface area contributed by atoms with E-state index >= 15 is 0 Å². The Morgan fingerprint density at radius 1 is 1.20 bits per heavy atom. The van der Waals surface area contributed by atoms with Gasteiger partial charge in [-0.3, -0.25) is 9.55 Å². The molecule has 0 radical (unpaired) electrons. The number of aryl methyl sites for hydroxylation is 1. The summed E-state index contributed by atoms with van der Waals surface area (Å²) in [5.41, 5.74) is 2.39. The van der Waals surface area contributed by atoms with Gasteiger partial charge >= 0.3 is 0 Å². The van der Waals surface area contributed by atoms with Crippen LogP contribution < -0.4 is 0 Å². The lowest BCUT2D eigenvalue weighted by Crippen LogP contribution is -2.41. The summed E-state index contributed by atoms with van der Waals surface area (Å²) < 4.78 is 16.7. The molecule has 2 aromatic heterocycles. The zero-order valence-electron chi connectivity index (χ0n) is 17.6. The molecule has 0 saturated carbocycles. The molecule has 1 aromatic carbocycles. The first-order chi connectivity index (χ1) is 14.4. The Morgan fingerprint density at radius 3 is 2.63 bits per heavy atom. The zero-order chi connectivity index (χ0) is 21.5. The Bertz CT molecular complexity index is 1190. The molecule has 1 atom stereocenters. The van der Waals surface area contributed by atoms with Crippen LogP contribution in [0, 0.1) is 17.1 Å². The maximum Gasteiger partial charge on any atom is 0.155 e. The third-order valence-corrected chi connectivity index (χ3v) is 5.45. The van der Waals surface area contributed by atoms with Gasteiger partial charge in [0.05, 0.1) is 29.0 Å². The summed E-state index contributed by atoms with van der Waals surface area (Å²) >= 11 is 0. The van der Waals surface area contributed by atoms with Crippen molar-refractivity contribution >= 4 is 10.9 Å². The highest BCUT2D eigenvalue weighted by atomic mass is 19.1. The number of hydrogen-bond donors (Lipinski definition) is 0. The highest BCUT2D eigenvalue weighted by Crippen LogP contribution is 2.40. The molecule has 152 valence electrons. The van der Waals surface area contributed by atoms with Crippen LogP contribution in [0.15, 0.2) is 55.2 Å². The largest absolute Gasteiger partial charge is 0.361 e. The highest BCUT2D eigenvalue weighted by Gasteiger charge is 2.33. The molecule has 0 spiro atoms. The molecule has 0 fully saturated rings. The molecule has 6 heteroatoms. The van der Waals surface area contributed by atoms with Gasteiger partial charge in [0.1, 0.15) is 11.9 Å². The minimum atomic E-state index is -0.295. The predicted molar refractivity (Wildman–Crippen MR) is 116 cm³/mol. The molecule has 4 rings (SSSR count). The molecular formula is C24H24FN5. The number of hydrogen-bond acceptors (Lipinski definition) is 4. The van der Waals surface area contributed by atoms with Crippen molar-refractivity contribution in [3.63, 3.8) is 0 Å². The van der Waals surface area contributed by atoms with Crippen molar-refractivity contribution in [1.29, 1.82) is 5.26 Å². The van der Waals surface area contributed by atoms with Gasteiger partial charge in [0.25, 0.3) is 0 Å². The number of rotatable bonds is 3. The molecule has 0 N–H and O–H groups in total. The number of fused-ring (bicyclic) bond motifs is 1. The topological polar surface area (TPSA) is 57.7 Å². The lowest BCUT2D eigenvalue weighted by molar-refractivity contribution is 0.165. The fraction of sp³-hybridized carbons (Fsp3) is 0.292. The SMILES string of the molecule is CCc1cc2c(cc1F)c(C#N)c(C1C=CC=CN1C(C)(C)C)n2-c1cnccn1. The summed E-state index contributed by atoms with van der Waals surface area (Å²) in [7, 11) is 0. The van der Waals surface area contributed by atoms with E-state index < -0.39 is 0 Å². The van der Waals surface area contributed by atoms with E-state index in [-0.39, 0.29) is 17.4 Å². The highest BCUT2D eigenvalue weighted by molar-refractivity contribution is 5.90. The first kappa shape index (κ1) is 19.8. The van der Waals surface area contributed by atoms with Crippen molar-refractivity contribution in [2.75, 3.05) is 0 Å². The van der Waals surface area contributed by atoms with Crippen molar-refractivity contribution in [2.24, 2.45) is 0 Å². The van der Waals surface area contributed by atoms with Crippen LogP contribution >= 0.6 is 0 Å². The number of nitriles is 1. The maximum atomic E-state index is 14.7. The summed E-state index contributed by atoms with van der Waals surface area (Å²) in [6.07, 6.45) is 13.5. The normalized spacial score (nSPS) is 16.3. The second-order valence-electron chi connectivity index (χ2n) is 8.33. The summed E-state index contributed by atoms with van der Waals surface area (Å²) in [6.45, 7) is 8.29. The second-order valence-corrected chi connectivity index (χ2v) is 8.33. The van der Waals surface area contributed by atoms with E-state index in [0.717, 1.165) is 11.2 Å². The standard InChI is InChI=1S/C24H24FN5/c1-5-16-12-21-17(13-19(16)25)18(14-26)23(30(21)22-15-27-9-10-28-22)20-8-6-7-11-29(20)24(2,3)4/h6-13,15,20H,5H2,1-4H3. The third kappa shape index (κ3) is 3.17. The van der Waals surface area contributed by atoms with E-state index in [9.17, 15) is 9.65 Å². The molecule has 30 heavy (non-hydrogen) atoms. The molecule has 0 aliphatic carbocycles. The number of benzene rings is 1. The fourth-order valence-electron chi connectivity index (χ4n) is 4.05. The second kappa shape index (κ2) is 7.42. The van der Waals surface area contributed by atoms with Gasteiger partial charge in [-0.05, 0) is 51.0 Å². The number of halogens is 1. The first-order valence-electron chi connectivity index (χ1n) is 10.0. The van der Waals surface area contributed by atoms with E-state index in [2.05, 4.69) is 47.8 Å². The van der Waals surface area contributed by atoms with Crippen LogP contribution in [0.2, 0.25) is 0 Å². The van der Waals surface area contributed by atoms with Crippen LogP contribution in [0.1, 0.15) is 50.6 Å².